The predicted octanol–water partition coefficient (Wildman–Crippen LogP) is 1.91. The van der Waals surface area contributed by atoms with Gasteiger partial charge in [0, 0.05) is 24.5 Å². The third-order valence-corrected chi connectivity index (χ3v) is 4.23. The molecule has 1 atom stereocenters. The summed E-state index contributed by atoms with van der Waals surface area (Å²) in [5.41, 5.74) is 7.15. The molecule has 0 saturated carbocycles. The van der Waals surface area contributed by atoms with Crippen LogP contribution >= 0.6 is 11.8 Å². The average Bonchev–Trinajstić information content (AvgIpc) is 2.81. The van der Waals surface area contributed by atoms with Gasteiger partial charge in [0.05, 0.1) is 11.3 Å². The zero-order valence-corrected chi connectivity index (χ0v) is 10.5. The first kappa shape index (κ1) is 12.1. The number of hydrogen-bond acceptors (Lipinski definition) is 4. The molecule has 5 heteroatoms. The monoisotopic (exact) mass is 252 g/mol. The normalized spacial score (nSPS) is 19.2. The lowest BCUT2D eigenvalue weighted by Gasteiger charge is -2.27. The number of nitrogens with two attached hydrogens (primary N) is 1. The molecule has 1 fully saturated rings. The molecule has 0 bridgehead atoms. The van der Waals surface area contributed by atoms with E-state index in [0.717, 1.165) is 23.6 Å². The van der Waals surface area contributed by atoms with E-state index < -0.39 is 5.97 Å². The number of rotatable bonds is 3. The van der Waals surface area contributed by atoms with Gasteiger partial charge >= 0.3 is 5.97 Å². The maximum Gasteiger partial charge on any atom is 0.337 e. The Labute approximate surface area is 105 Å². The highest BCUT2D eigenvalue weighted by molar-refractivity contribution is 7.99. The summed E-state index contributed by atoms with van der Waals surface area (Å²) in [6, 6.07) is 5.49. The first-order valence-corrected chi connectivity index (χ1v) is 6.68. The molecule has 0 spiro atoms. The maximum atomic E-state index is 11.2. The molecular formula is C12H16N2O2S. The van der Waals surface area contributed by atoms with E-state index in [4.69, 9.17) is 5.73 Å². The Morgan fingerprint density at radius 2 is 2.35 bits per heavy atom. The standard InChI is InChI=1S/C12H16N2O2S/c1-14(9-4-5-17-7-9)11-3-2-8(13)6-10(11)12(15)16/h2-3,6,9H,4-5,7,13H2,1H3,(H,15,16). The van der Waals surface area contributed by atoms with Crippen molar-refractivity contribution in [2.45, 2.75) is 12.5 Å². The van der Waals surface area contributed by atoms with Crippen molar-refractivity contribution in [3.05, 3.63) is 23.8 Å². The lowest BCUT2D eigenvalue weighted by molar-refractivity contribution is 0.0697. The average molecular weight is 252 g/mol. The fourth-order valence-electron chi connectivity index (χ4n) is 2.06. The first-order valence-electron chi connectivity index (χ1n) is 5.53. The molecule has 1 heterocycles. The summed E-state index contributed by atoms with van der Waals surface area (Å²) < 4.78 is 0. The Morgan fingerprint density at radius 3 is 2.94 bits per heavy atom. The summed E-state index contributed by atoms with van der Waals surface area (Å²) in [4.78, 5) is 13.3. The van der Waals surface area contributed by atoms with Gasteiger partial charge in [-0.25, -0.2) is 4.79 Å². The third-order valence-electron chi connectivity index (χ3n) is 3.08. The van der Waals surface area contributed by atoms with E-state index in [1.807, 2.05) is 18.8 Å². The second kappa shape index (κ2) is 4.87. The van der Waals surface area contributed by atoms with Gasteiger partial charge in [0.15, 0.2) is 0 Å². The Morgan fingerprint density at radius 1 is 1.59 bits per heavy atom. The summed E-state index contributed by atoms with van der Waals surface area (Å²) in [7, 11) is 1.95. The smallest absolute Gasteiger partial charge is 0.337 e. The molecule has 1 aromatic rings. The summed E-state index contributed by atoms with van der Waals surface area (Å²) in [5.74, 6) is 1.27. The van der Waals surface area contributed by atoms with Gasteiger partial charge in [0.25, 0.3) is 0 Å². The molecule has 1 aliphatic heterocycles. The lowest BCUT2D eigenvalue weighted by atomic mass is 10.1. The molecule has 2 rings (SSSR count). The van der Waals surface area contributed by atoms with Gasteiger partial charge in [0.1, 0.15) is 0 Å². The van der Waals surface area contributed by atoms with Crippen LogP contribution in [0.3, 0.4) is 0 Å². The second-order valence-electron chi connectivity index (χ2n) is 4.21. The minimum atomic E-state index is -0.926. The van der Waals surface area contributed by atoms with Crippen molar-refractivity contribution in [1.82, 2.24) is 0 Å². The van der Waals surface area contributed by atoms with Crippen LogP contribution in [0.15, 0.2) is 18.2 Å². The van der Waals surface area contributed by atoms with E-state index in [1.54, 1.807) is 12.1 Å². The maximum absolute atomic E-state index is 11.2. The predicted molar refractivity (Wildman–Crippen MR) is 71.9 cm³/mol. The number of carboxylic acid groups (broad SMARTS) is 1. The molecule has 0 amide bonds. The van der Waals surface area contributed by atoms with Gasteiger partial charge < -0.3 is 15.7 Å². The van der Waals surface area contributed by atoms with Gasteiger partial charge in [0.2, 0.25) is 0 Å². The molecule has 1 unspecified atom stereocenters. The third kappa shape index (κ3) is 2.49. The van der Waals surface area contributed by atoms with Crippen LogP contribution in [0.1, 0.15) is 16.8 Å². The van der Waals surface area contributed by atoms with E-state index >= 15 is 0 Å². The number of aromatic carboxylic acids is 1. The zero-order chi connectivity index (χ0) is 12.4. The van der Waals surface area contributed by atoms with Gasteiger partial charge in [-0.2, -0.15) is 11.8 Å². The van der Waals surface area contributed by atoms with Gasteiger partial charge in [-0.05, 0) is 30.4 Å². The van der Waals surface area contributed by atoms with Crippen LogP contribution in [0.5, 0.6) is 0 Å². The van der Waals surface area contributed by atoms with Gasteiger partial charge in [-0.3, -0.25) is 0 Å². The Hall–Kier alpha value is -1.36. The van der Waals surface area contributed by atoms with Crippen LogP contribution in [0.2, 0.25) is 0 Å². The second-order valence-corrected chi connectivity index (χ2v) is 5.36. The summed E-state index contributed by atoms with van der Waals surface area (Å²) in [6.07, 6.45) is 1.10. The first-order chi connectivity index (χ1) is 8.09. The van der Waals surface area contributed by atoms with E-state index in [0.29, 0.717) is 11.7 Å². The quantitative estimate of drug-likeness (QED) is 0.804. The number of carbonyl (C=O) groups is 1. The number of nitrogens with zero attached hydrogens (tertiary/aromatic N) is 1. The highest BCUT2D eigenvalue weighted by Crippen LogP contribution is 2.29. The largest absolute Gasteiger partial charge is 0.478 e. The van der Waals surface area contributed by atoms with Gasteiger partial charge in [-0.15, -0.1) is 0 Å². The van der Waals surface area contributed by atoms with Crippen LogP contribution < -0.4 is 10.6 Å². The number of carboxylic acids is 1. The van der Waals surface area contributed by atoms with E-state index in [-0.39, 0.29) is 5.56 Å². The number of thioether (sulfide) groups is 1. The van der Waals surface area contributed by atoms with Crippen LogP contribution in [-0.4, -0.2) is 35.7 Å². The number of benzene rings is 1. The highest BCUT2D eigenvalue weighted by atomic mass is 32.2. The molecule has 17 heavy (non-hydrogen) atoms. The van der Waals surface area contributed by atoms with Crippen molar-refractivity contribution in [3.8, 4) is 0 Å². The van der Waals surface area contributed by atoms with Crippen molar-refractivity contribution in [1.29, 1.82) is 0 Å². The van der Waals surface area contributed by atoms with Crippen molar-refractivity contribution in [2.75, 3.05) is 29.2 Å². The van der Waals surface area contributed by atoms with E-state index in [9.17, 15) is 9.90 Å². The summed E-state index contributed by atoms with van der Waals surface area (Å²) in [6.45, 7) is 0. The molecule has 92 valence electrons. The number of anilines is 2. The lowest BCUT2D eigenvalue weighted by Crippen LogP contribution is -2.32. The molecule has 1 saturated heterocycles. The Bertz CT molecular complexity index is 431. The molecule has 1 aliphatic rings. The molecule has 1 aromatic carbocycles. The highest BCUT2D eigenvalue weighted by Gasteiger charge is 2.23. The van der Waals surface area contributed by atoms with Crippen LogP contribution in [0, 0.1) is 0 Å². The minimum absolute atomic E-state index is 0.282. The van der Waals surface area contributed by atoms with Crippen LogP contribution in [-0.2, 0) is 0 Å². The van der Waals surface area contributed by atoms with Gasteiger partial charge in [-0.1, -0.05) is 0 Å². The van der Waals surface area contributed by atoms with Crippen LogP contribution in [0.25, 0.3) is 0 Å². The van der Waals surface area contributed by atoms with E-state index in [2.05, 4.69) is 4.90 Å². The van der Waals surface area contributed by atoms with Crippen molar-refractivity contribution in [2.24, 2.45) is 0 Å². The molecular weight excluding hydrogens is 236 g/mol. The van der Waals surface area contributed by atoms with E-state index in [1.165, 1.54) is 6.07 Å². The number of hydrogen-bond donors (Lipinski definition) is 2. The Kier molecular flexibility index (Phi) is 3.47. The fraction of sp³-hybridized carbons (Fsp3) is 0.417. The zero-order valence-electron chi connectivity index (χ0n) is 9.72. The molecule has 3 N–H and O–H groups in total. The Balaban J connectivity index is 2.33. The fourth-order valence-corrected chi connectivity index (χ4v) is 3.32. The molecule has 0 radical (unpaired) electrons. The molecule has 4 nitrogen and oxygen atoms in total. The van der Waals surface area contributed by atoms with Crippen molar-refractivity contribution < 1.29 is 9.90 Å². The summed E-state index contributed by atoms with van der Waals surface area (Å²) in [5, 5.41) is 9.19. The minimum Gasteiger partial charge on any atom is -0.478 e. The molecule has 0 aliphatic carbocycles. The van der Waals surface area contributed by atoms with Crippen molar-refractivity contribution >= 4 is 29.1 Å². The summed E-state index contributed by atoms with van der Waals surface area (Å²) >= 11 is 1.91. The van der Waals surface area contributed by atoms with Crippen LogP contribution in [0.4, 0.5) is 11.4 Å². The SMILES string of the molecule is CN(c1ccc(N)cc1C(=O)O)C1CCSC1. The molecule has 0 aromatic heterocycles. The topological polar surface area (TPSA) is 66.6 Å². The number of nitrogen functional groups attached to an aromatic ring is 1. The van der Waals surface area contributed by atoms with Crippen molar-refractivity contribution in [3.63, 3.8) is 0 Å².